The molecule has 2 aliphatic rings. The van der Waals surface area contributed by atoms with Gasteiger partial charge in [0.15, 0.2) is 46.0 Å². The summed E-state index contributed by atoms with van der Waals surface area (Å²) in [5.41, 5.74) is 6.61. The summed E-state index contributed by atoms with van der Waals surface area (Å²) in [6.45, 7) is 3.43. The smallest absolute Gasteiger partial charge is 0.331 e. The zero-order valence-electron chi connectivity index (χ0n) is 43.0. The predicted molar refractivity (Wildman–Crippen MR) is 264 cm³/mol. The Kier molecular flexibility index (Phi) is 18.0. The molecule has 0 spiro atoms. The van der Waals surface area contributed by atoms with E-state index in [2.05, 4.69) is 32.3 Å². The van der Waals surface area contributed by atoms with Crippen LogP contribution in [0.2, 0.25) is 0 Å². The van der Waals surface area contributed by atoms with Gasteiger partial charge in [-0.1, -0.05) is 6.07 Å². The Morgan fingerprint density at radius 1 is 0.486 bits per heavy atom. The van der Waals surface area contributed by atoms with E-state index in [9.17, 15) is 9.59 Å². The summed E-state index contributed by atoms with van der Waals surface area (Å²) in [6.07, 6.45) is 6.36. The molecule has 0 unspecified atom stereocenters. The van der Waals surface area contributed by atoms with E-state index in [1.54, 1.807) is 71.1 Å². The molecule has 2 aliphatic heterocycles. The van der Waals surface area contributed by atoms with Gasteiger partial charge >= 0.3 is 11.9 Å². The van der Waals surface area contributed by atoms with Crippen LogP contribution in [-0.2, 0) is 44.7 Å². The summed E-state index contributed by atoms with van der Waals surface area (Å²) in [5, 5.41) is 0. The van der Waals surface area contributed by atoms with E-state index in [-0.39, 0.29) is 25.3 Å². The number of carbonyl (C=O) groups excluding carboxylic acids is 2. The third-order valence-corrected chi connectivity index (χ3v) is 14.1. The second-order valence-corrected chi connectivity index (χ2v) is 18.0. The van der Waals surface area contributed by atoms with E-state index in [0.29, 0.717) is 92.3 Å². The van der Waals surface area contributed by atoms with Crippen molar-refractivity contribution >= 4 is 11.9 Å². The summed E-state index contributed by atoms with van der Waals surface area (Å²) in [7, 11) is 20.7. The van der Waals surface area contributed by atoms with Gasteiger partial charge in [-0.3, -0.25) is 0 Å². The van der Waals surface area contributed by atoms with E-state index in [4.69, 9.17) is 56.8 Å². The van der Waals surface area contributed by atoms with Gasteiger partial charge in [-0.15, -0.1) is 0 Å². The monoisotopic (exact) mass is 972 g/mol. The quantitative estimate of drug-likeness (QED) is 0.0296. The molecule has 70 heavy (non-hydrogen) atoms. The summed E-state index contributed by atoms with van der Waals surface area (Å²) >= 11 is 0. The summed E-state index contributed by atoms with van der Waals surface area (Å²) in [4.78, 5) is 25.8. The fourth-order valence-electron chi connectivity index (χ4n) is 10.3. The number of hydrogen-bond donors (Lipinski definition) is 0. The fraction of sp³-hybridized carbons (Fsp3) is 0.481. The van der Waals surface area contributed by atoms with Crippen LogP contribution in [0, 0.1) is 0 Å². The van der Waals surface area contributed by atoms with Crippen molar-refractivity contribution in [1.82, 2.24) is 0 Å². The largest absolute Gasteiger partial charge is 0.493 e. The van der Waals surface area contributed by atoms with Crippen LogP contribution in [0.15, 0.2) is 60.7 Å². The Morgan fingerprint density at radius 2 is 0.929 bits per heavy atom. The van der Waals surface area contributed by atoms with E-state index >= 15 is 0 Å². The number of quaternary nitrogens is 2. The van der Waals surface area contributed by atoms with Crippen LogP contribution >= 0.6 is 0 Å². The van der Waals surface area contributed by atoms with Crippen LogP contribution in [0.4, 0.5) is 0 Å². The van der Waals surface area contributed by atoms with Crippen LogP contribution < -0.4 is 47.4 Å². The van der Waals surface area contributed by atoms with Gasteiger partial charge in [-0.25, -0.2) is 9.59 Å². The molecular weight excluding hydrogens is 901 g/mol. The highest BCUT2D eigenvalue weighted by molar-refractivity contribution is 5.91. The second-order valence-electron chi connectivity index (χ2n) is 18.0. The number of likely N-dealkylation sites (N-methyl/N-ethyl adjacent to an activating group) is 2. The SMILES string of the molecule is COc1ccc(C[C@@H]2c3cc(OC)c(OC)cc3CC[N@@+]2(C)CCCOC(=O)/C=C/C(=O)OCCC[N@+]2(C)CCc3cc(OC)c(OC)c(OC)c3[C@H]2Cc2cc(OC)c(OC)c(OC)c2)cc1OC. The number of methoxy groups -OCH3 is 10. The lowest BCUT2D eigenvalue weighted by Crippen LogP contribution is -2.52. The first-order chi connectivity index (χ1) is 33.8. The highest BCUT2D eigenvalue weighted by Gasteiger charge is 2.43. The molecule has 4 atom stereocenters. The molecule has 4 aromatic rings. The molecule has 2 heterocycles. The number of benzene rings is 4. The zero-order chi connectivity index (χ0) is 50.6. The number of rotatable bonds is 24. The lowest BCUT2D eigenvalue weighted by atomic mass is 9.85. The molecule has 6 rings (SSSR count). The molecule has 0 saturated carbocycles. The maximum absolute atomic E-state index is 12.9. The van der Waals surface area contributed by atoms with Gasteiger partial charge in [-0.2, -0.15) is 0 Å². The maximum atomic E-state index is 12.9. The van der Waals surface area contributed by atoms with E-state index in [0.717, 1.165) is 73.3 Å². The molecule has 0 aromatic heterocycles. The number of ether oxygens (including phenoxy) is 12. The molecule has 380 valence electrons. The first-order valence-electron chi connectivity index (χ1n) is 23.5. The van der Waals surface area contributed by atoms with Crippen LogP contribution in [-0.4, -0.2) is 145 Å². The van der Waals surface area contributed by atoms with E-state index in [1.807, 2.05) is 30.3 Å². The number of fused-ring (bicyclic) bond motifs is 2. The van der Waals surface area contributed by atoms with Crippen LogP contribution in [0.25, 0.3) is 0 Å². The highest BCUT2D eigenvalue weighted by atomic mass is 16.6. The number of hydrogen-bond acceptors (Lipinski definition) is 14. The molecular formula is C54H72N2O14+2. The molecule has 0 aliphatic carbocycles. The van der Waals surface area contributed by atoms with Gasteiger partial charge in [-0.05, 0) is 64.7 Å². The number of nitrogens with zero attached hydrogens (tertiary/aromatic N) is 2. The molecule has 0 radical (unpaired) electrons. The van der Waals surface area contributed by atoms with Crippen molar-refractivity contribution in [3.63, 3.8) is 0 Å². The third kappa shape index (κ3) is 11.6. The third-order valence-electron chi connectivity index (χ3n) is 14.1. The summed E-state index contributed by atoms with van der Waals surface area (Å²) < 4.78 is 69.8. The van der Waals surface area contributed by atoms with Crippen LogP contribution in [0.5, 0.6) is 57.5 Å². The Hall–Kier alpha value is -6.52. The van der Waals surface area contributed by atoms with Crippen molar-refractivity contribution in [2.24, 2.45) is 0 Å². The molecule has 0 saturated heterocycles. The van der Waals surface area contributed by atoms with Crippen molar-refractivity contribution < 1.29 is 75.4 Å². The molecule has 0 N–H and O–H groups in total. The summed E-state index contributed by atoms with van der Waals surface area (Å²) in [5.74, 6) is 4.87. The van der Waals surface area contributed by atoms with Crippen molar-refractivity contribution in [2.75, 3.05) is 125 Å². The van der Waals surface area contributed by atoms with Crippen molar-refractivity contribution in [2.45, 2.75) is 50.6 Å². The Morgan fingerprint density at radius 3 is 1.46 bits per heavy atom. The Balaban J connectivity index is 1.08. The predicted octanol–water partition coefficient (Wildman–Crippen LogP) is 7.47. The van der Waals surface area contributed by atoms with Crippen molar-refractivity contribution in [1.29, 1.82) is 0 Å². The lowest BCUT2D eigenvalue weighted by molar-refractivity contribution is -0.941. The molecule has 16 heteroatoms. The number of esters is 2. The standard InChI is InChI=1S/C54H72N2O14/c1-55(23-19-37-32-44(61-5)45(62-6)34-39(37)40(55)27-35-15-16-42(59-3)43(29-35)60-4)21-13-25-69-49(57)17-18-50(58)70-26-14-22-56(2)24-20-38-33-48(65-9)53(67-11)54(68-12)51(38)41(56)28-36-30-46(63-7)52(66-10)47(31-36)64-8/h15-18,29-34,40-41H,13-14,19-28H2,1-12H3/q+2/b18-17+/t40-,41-,55-,56-/m1/s1. The topological polar surface area (TPSA) is 145 Å². The second kappa shape index (κ2) is 23.9. The minimum Gasteiger partial charge on any atom is -0.493 e. The fourth-order valence-corrected chi connectivity index (χ4v) is 10.3. The molecule has 4 aromatic carbocycles. The normalized spacial score (nSPS) is 19.3. The van der Waals surface area contributed by atoms with Gasteiger partial charge in [0.25, 0.3) is 0 Å². The zero-order valence-corrected chi connectivity index (χ0v) is 43.0. The molecule has 0 amide bonds. The minimum absolute atomic E-state index is 0.0605. The van der Waals surface area contributed by atoms with Crippen molar-refractivity contribution in [3.05, 3.63) is 94.1 Å². The van der Waals surface area contributed by atoms with Crippen molar-refractivity contribution in [3.8, 4) is 57.5 Å². The minimum atomic E-state index is -0.619. The van der Waals surface area contributed by atoms with Crippen LogP contribution in [0.3, 0.4) is 0 Å². The molecule has 16 nitrogen and oxygen atoms in total. The highest BCUT2D eigenvalue weighted by Crippen LogP contribution is 2.51. The van der Waals surface area contributed by atoms with Crippen LogP contribution in [0.1, 0.15) is 58.3 Å². The first kappa shape index (κ1) is 52.8. The first-order valence-corrected chi connectivity index (χ1v) is 23.5. The summed E-state index contributed by atoms with van der Waals surface area (Å²) in [6, 6.07) is 16.1. The van der Waals surface area contributed by atoms with Gasteiger partial charge in [0.2, 0.25) is 11.5 Å². The lowest BCUT2D eigenvalue weighted by Gasteiger charge is -2.46. The van der Waals surface area contributed by atoms with E-state index < -0.39 is 11.9 Å². The molecule has 0 fully saturated rings. The van der Waals surface area contributed by atoms with Gasteiger partial charge in [0.05, 0.1) is 130 Å². The van der Waals surface area contributed by atoms with E-state index in [1.165, 1.54) is 11.1 Å². The van der Waals surface area contributed by atoms with Gasteiger partial charge in [0, 0.05) is 56.2 Å². The average Bonchev–Trinajstić information content (AvgIpc) is 3.38. The molecule has 0 bridgehead atoms. The maximum Gasteiger partial charge on any atom is 0.331 e. The van der Waals surface area contributed by atoms with Gasteiger partial charge in [0.1, 0.15) is 12.1 Å². The Labute approximate surface area is 412 Å². The average molecular weight is 973 g/mol. The number of carbonyl (C=O) groups is 2. The Bertz CT molecular complexity index is 2470. The van der Waals surface area contributed by atoms with Gasteiger partial charge < -0.3 is 65.8 Å².